The summed E-state index contributed by atoms with van der Waals surface area (Å²) in [5.41, 5.74) is 6.79. The number of anilines is 1. The number of carbonyl (C=O) groups is 3. The molecule has 4 rings (SSSR count). The van der Waals surface area contributed by atoms with Gasteiger partial charge in [0.2, 0.25) is 5.91 Å². The predicted molar refractivity (Wildman–Crippen MR) is 103 cm³/mol. The van der Waals surface area contributed by atoms with E-state index in [4.69, 9.17) is 10.5 Å². The summed E-state index contributed by atoms with van der Waals surface area (Å²) in [5, 5.41) is 12.6. The Balaban J connectivity index is 1.56. The molecule has 0 radical (unpaired) electrons. The number of carboxylic acids is 1. The molecule has 4 N–H and O–H groups in total. The smallest absolute Gasteiger partial charge is 0.310 e. The van der Waals surface area contributed by atoms with Crippen LogP contribution in [0.25, 0.3) is 0 Å². The summed E-state index contributed by atoms with van der Waals surface area (Å²) in [7, 11) is 0. The summed E-state index contributed by atoms with van der Waals surface area (Å²) in [5.74, 6) is -3.73. The summed E-state index contributed by atoms with van der Waals surface area (Å²) in [6.45, 7) is 0. The highest BCUT2D eigenvalue weighted by molar-refractivity contribution is 7.16. The molecule has 28 heavy (non-hydrogen) atoms. The summed E-state index contributed by atoms with van der Waals surface area (Å²) >= 11 is 1.28. The zero-order valence-electron chi connectivity index (χ0n) is 15.0. The number of nitrogens with two attached hydrogens (primary N) is 1. The van der Waals surface area contributed by atoms with Crippen molar-refractivity contribution < 1.29 is 24.2 Å². The summed E-state index contributed by atoms with van der Waals surface area (Å²) in [4.78, 5) is 37.2. The van der Waals surface area contributed by atoms with E-state index >= 15 is 0 Å². The van der Waals surface area contributed by atoms with Gasteiger partial charge in [-0.1, -0.05) is 30.3 Å². The summed E-state index contributed by atoms with van der Waals surface area (Å²) in [6, 6.07) is 11.4. The third-order valence-electron chi connectivity index (χ3n) is 5.37. The molecule has 2 aromatic rings. The Bertz CT molecular complexity index is 926. The zero-order chi connectivity index (χ0) is 19.8. The number of hydrogen-bond acceptors (Lipinski definition) is 5. The fourth-order valence-corrected chi connectivity index (χ4v) is 5.22. The van der Waals surface area contributed by atoms with Gasteiger partial charge in [0.25, 0.3) is 5.91 Å². The van der Waals surface area contributed by atoms with Crippen LogP contribution in [0.1, 0.15) is 33.6 Å². The van der Waals surface area contributed by atoms with Crippen molar-refractivity contribution in [2.45, 2.75) is 31.5 Å². The second-order valence-electron chi connectivity index (χ2n) is 7.15. The first-order valence-corrected chi connectivity index (χ1v) is 9.91. The van der Waals surface area contributed by atoms with Crippen LogP contribution in [0.5, 0.6) is 0 Å². The maximum absolute atomic E-state index is 12.9. The molecule has 0 spiro atoms. The van der Waals surface area contributed by atoms with Gasteiger partial charge in [-0.15, -0.1) is 11.3 Å². The molecule has 4 atom stereocenters. The van der Waals surface area contributed by atoms with Crippen molar-refractivity contribution in [1.82, 2.24) is 0 Å². The highest BCUT2D eigenvalue weighted by Gasteiger charge is 2.55. The average Bonchev–Trinajstić information content (AvgIpc) is 3.36. The standard InChI is InChI=1S/C20H20N2O5S/c21-17(23)12-9-11(8-10-4-2-1-3-5-10)28-19(12)22-18(24)15-13-6-7-14(27-13)16(15)20(25)26/h1-5,9,13-16H,6-8H2,(H2,21,23)(H,22,24)(H,25,26). The molecule has 2 aliphatic heterocycles. The van der Waals surface area contributed by atoms with Crippen molar-refractivity contribution in [3.63, 3.8) is 0 Å². The number of fused-ring (bicyclic) bond motifs is 2. The highest BCUT2D eigenvalue weighted by Crippen LogP contribution is 2.44. The molecule has 3 heterocycles. The minimum absolute atomic E-state index is 0.236. The van der Waals surface area contributed by atoms with Gasteiger partial charge < -0.3 is 20.9 Å². The van der Waals surface area contributed by atoms with Crippen LogP contribution >= 0.6 is 11.3 Å². The number of aliphatic carboxylic acids is 1. The molecule has 2 fully saturated rings. The minimum atomic E-state index is -1.03. The number of rotatable bonds is 6. The number of amides is 2. The fourth-order valence-electron chi connectivity index (χ4n) is 4.12. The normalized spacial score (nSPS) is 25.6. The minimum Gasteiger partial charge on any atom is -0.481 e. The number of primary amides is 1. The van der Waals surface area contributed by atoms with Crippen LogP contribution in [0.15, 0.2) is 36.4 Å². The van der Waals surface area contributed by atoms with Crippen molar-refractivity contribution >= 4 is 34.1 Å². The van der Waals surface area contributed by atoms with Crippen LogP contribution in [0, 0.1) is 11.8 Å². The van der Waals surface area contributed by atoms with E-state index in [0.717, 1.165) is 10.4 Å². The van der Waals surface area contributed by atoms with E-state index in [1.807, 2.05) is 30.3 Å². The van der Waals surface area contributed by atoms with Gasteiger partial charge in [0, 0.05) is 11.3 Å². The number of nitrogens with one attached hydrogen (secondary N) is 1. The Hall–Kier alpha value is -2.71. The van der Waals surface area contributed by atoms with Crippen molar-refractivity contribution in [2.24, 2.45) is 17.6 Å². The van der Waals surface area contributed by atoms with E-state index in [0.29, 0.717) is 24.3 Å². The maximum Gasteiger partial charge on any atom is 0.310 e. The molecule has 0 aliphatic carbocycles. The van der Waals surface area contributed by atoms with Gasteiger partial charge in [-0.25, -0.2) is 0 Å². The van der Waals surface area contributed by atoms with Gasteiger partial charge in [0.05, 0.1) is 29.6 Å². The molecule has 2 saturated heterocycles. The number of thiophene rings is 1. The van der Waals surface area contributed by atoms with Gasteiger partial charge in [0.15, 0.2) is 0 Å². The molecule has 0 saturated carbocycles. The van der Waals surface area contributed by atoms with Gasteiger partial charge in [-0.3, -0.25) is 14.4 Å². The van der Waals surface area contributed by atoms with Crippen molar-refractivity contribution in [2.75, 3.05) is 5.32 Å². The third kappa shape index (κ3) is 3.41. The number of benzene rings is 1. The Labute approximate surface area is 165 Å². The molecule has 1 aromatic heterocycles. The van der Waals surface area contributed by atoms with Crippen molar-refractivity contribution in [3.05, 3.63) is 52.4 Å². The molecule has 2 amide bonds. The van der Waals surface area contributed by atoms with Gasteiger partial charge in [-0.05, 0) is 24.5 Å². The topological polar surface area (TPSA) is 119 Å². The average molecular weight is 400 g/mol. The Morgan fingerprint density at radius 1 is 1.14 bits per heavy atom. The maximum atomic E-state index is 12.9. The lowest BCUT2D eigenvalue weighted by Gasteiger charge is -2.23. The third-order valence-corrected chi connectivity index (χ3v) is 6.42. The second-order valence-corrected chi connectivity index (χ2v) is 8.29. The first kappa shape index (κ1) is 18.6. The van der Waals surface area contributed by atoms with E-state index in [1.165, 1.54) is 11.3 Å². The first-order valence-electron chi connectivity index (χ1n) is 9.09. The van der Waals surface area contributed by atoms with Crippen molar-refractivity contribution in [1.29, 1.82) is 0 Å². The Morgan fingerprint density at radius 3 is 2.46 bits per heavy atom. The van der Waals surface area contributed by atoms with Gasteiger partial charge >= 0.3 is 5.97 Å². The van der Waals surface area contributed by atoms with E-state index in [-0.39, 0.29) is 5.56 Å². The van der Waals surface area contributed by atoms with E-state index in [2.05, 4.69) is 5.32 Å². The SMILES string of the molecule is NC(=O)c1cc(Cc2ccccc2)sc1NC(=O)C1C2CCC(O2)C1C(=O)O. The van der Waals surface area contributed by atoms with Crippen LogP contribution in [-0.4, -0.2) is 35.1 Å². The quantitative estimate of drug-likeness (QED) is 0.687. The van der Waals surface area contributed by atoms with Gasteiger partial charge in [0.1, 0.15) is 5.00 Å². The van der Waals surface area contributed by atoms with Crippen LogP contribution in [0.3, 0.4) is 0 Å². The van der Waals surface area contributed by atoms with Crippen LogP contribution < -0.4 is 11.1 Å². The summed E-state index contributed by atoms with van der Waals surface area (Å²) < 4.78 is 5.65. The monoisotopic (exact) mass is 400 g/mol. The Morgan fingerprint density at radius 2 is 1.82 bits per heavy atom. The number of carboxylic acid groups (broad SMARTS) is 1. The van der Waals surface area contributed by atoms with E-state index < -0.39 is 41.8 Å². The molecule has 2 bridgehead atoms. The highest BCUT2D eigenvalue weighted by atomic mass is 32.1. The lowest BCUT2D eigenvalue weighted by molar-refractivity contribution is -0.147. The largest absolute Gasteiger partial charge is 0.481 e. The number of ether oxygens (including phenoxy) is 1. The van der Waals surface area contributed by atoms with E-state index in [1.54, 1.807) is 6.07 Å². The Kier molecular flexibility index (Phi) is 4.91. The van der Waals surface area contributed by atoms with Crippen LogP contribution in [-0.2, 0) is 20.7 Å². The zero-order valence-corrected chi connectivity index (χ0v) is 15.8. The first-order chi connectivity index (χ1) is 13.4. The van der Waals surface area contributed by atoms with Crippen molar-refractivity contribution in [3.8, 4) is 0 Å². The molecule has 146 valence electrons. The molecule has 1 aromatic carbocycles. The molecule has 7 nitrogen and oxygen atoms in total. The fraction of sp³-hybridized carbons (Fsp3) is 0.350. The second kappa shape index (κ2) is 7.37. The molecule has 8 heteroatoms. The lowest BCUT2D eigenvalue weighted by Crippen LogP contribution is -2.41. The molecule has 4 unspecified atom stereocenters. The van der Waals surface area contributed by atoms with Crippen LogP contribution in [0.2, 0.25) is 0 Å². The molecular formula is C20H20N2O5S. The predicted octanol–water partition coefficient (Wildman–Crippen LogP) is 2.25. The van der Waals surface area contributed by atoms with E-state index in [9.17, 15) is 19.5 Å². The number of carbonyl (C=O) groups excluding carboxylic acids is 2. The molecule has 2 aliphatic rings. The molecular weight excluding hydrogens is 380 g/mol. The summed E-state index contributed by atoms with van der Waals surface area (Å²) in [6.07, 6.45) is 1.10. The van der Waals surface area contributed by atoms with Crippen LogP contribution in [0.4, 0.5) is 5.00 Å². The van der Waals surface area contributed by atoms with Gasteiger partial charge in [-0.2, -0.15) is 0 Å². The lowest BCUT2D eigenvalue weighted by atomic mass is 9.79. The number of hydrogen-bond donors (Lipinski definition) is 3.